The lowest BCUT2D eigenvalue weighted by Crippen LogP contribution is -2.21. The highest BCUT2D eigenvalue weighted by molar-refractivity contribution is 5.14. The highest BCUT2D eigenvalue weighted by Gasteiger charge is 2.12. The Hall–Kier alpha value is -1.81. The SMILES string of the molecule is CNC(Cc1ccc(C)cn1)c1ncccn1. The minimum Gasteiger partial charge on any atom is -0.310 e. The van der Waals surface area contributed by atoms with E-state index in [0.29, 0.717) is 0 Å². The Morgan fingerprint density at radius 3 is 2.53 bits per heavy atom. The fourth-order valence-corrected chi connectivity index (χ4v) is 1.64. The van der Waals surface area contributed by atoms with Crippen LogP contribution in [-0.2, 0) is 6.42 Å². The van der Waals surface area contributed by atoms with Crippen molar-refractivity contribution in [1.29, 1.82) is 0 Å². The molecule has 4 nitrogen and oxygen atoms in total. The largest absolute Gasteiger partial charge is 0.310 e. The molecule has 0 radical (unpaired) electrons. The van der Waals surface area contributed by atoms with E-state index in [2.05, 4.69) is 26.3 Å². The quantitative estimate of drug-likeness (QED) is 0.865. The van der Waals surface area contributed by atoms with Crippen LogP contribution in [-0.4, -0.2) is 22.0 Å². The Balaban J connectivity index is 2.13. The zero-order valence-corrected chi connectivity index (χ0v) is 10.1. The third-order valence-electron chi connectivity index (χ3n) is 2.63. The van der Waals surface area contributed by atoms with Gasteiger partial charge >= 0.3 is 0 Å². The molecule has 0 amide bonds. The third-order valence-corrected chi connectivity index (χ3v) is 2.63. The molecule has 1 N–H and O–H groups in total. The van der Waals surface area contributed by atoms with Crippen molar-refractivity contribution in [3.05, 3.63) is 53.9 Å². The average Bonchev–Trinajstić information content (AvgIpc) is 2.39. The van der Waals surface area contributed by atoms with E-state index in [1.54, 1.807) is 12.4 Å². The summed E-state index contributed by atoms with van der Waals surface area (Å²) in [7, 11) is 1.91. The van der Waals surface area contributed by atoms with Gasteiger partial charge in [-0.15, -0.1) is 0 Å². The Morgan fingerprint density at radius 1 is 1.18 bits per heavy atom. The summed E-state index contributed by atoms with van der Waals surface area (Å²) in [5.74, 6) is 0.803. The number of hydrogen-bond donors (Lipinski definition) is 1. The molecule has 0 bridgehead atoms. The maximum absolute atomic E-state index is 4.40. The Bertz CT molecular complexity index is 453. The van der Waals surface area contributed by atoms with E-state index in [1.165, 1.54) is 5.56 Å². The third kappa shape index (κ3) is 3.07. The fourth-order valence-electron chi connectivity index (χ4n) is 1.64. The predicted molar refractivity (Wildman–Crippen MR) is 66.5 cm³/mol. The lowest BCUT2D eigenvalue weighted by Gasteiger charge is -2.13. The Morgan fingerprint density at radius 2 is 1.94 bits per heavy atom. The topological polar surface area (TPSA) is 50.7 Å². The van der Waals surface area contributed by atoms with Gasteiger partial charge in [0.15, 0.2) is 0 Å². The molecule has 0 saturated carbocycles. The van der Waals surface area contributed by atoms with E-state index >= 15 is 0 Å². The predicted octanol–water partition coefficient (Wildman–Crippen LogP) is 1.68. The summed E-state index contributed by atoms with van der Waals surface area (Å²) in [5, 5.41) is 3.22. The van der Waals surface area contributed by atoms with E-state index in [9.17, 15) is 0 Å². The van der Waals surface area contributed by atoms with Gasteiger partial charge in [-0.25, -0.2) is 9.97 Å². The molecule has 0 aromatic carbocycles. The van der Waals surface area contributed by atoms with Crippen LogP contribution < -0.4 is 5.32 Å². The molecule has 2 rings (SSSR count). The Kier molecular flexibility index (Phi) is 3.77. The van der Waals surface area contributed by atoms with Crippen molar-refractivity contribution in [2.75, 3.05) is 7.05 Å². The molecular formula is C13H16N4. The smallest absolute Gasteiger partial charge is 0.145 e. The zero-order valence-electron chi connectivity index (χ0n) is 10.1. The number of likely N-dealkylation sites (N-methyl/N-ethyl adjacent to an activating group) is 1. The maximum atomic E-state index is 4.40. The number of rotatable bonds is 4. The van der Waals surface area contributed by atoms with Crippen molar-refractivity contribution in [3.63, 3.8) is 0 Å². The van der Waals surface area contributed by atoms with E-state index in [4.69, 9.17) is 0 Å². The normalized spacial score (nSPS) is 12.4. The highest BCUT2D eigenvalue weighted by atomic mass is 15.0. The lowest BCUT2D eigenvalue weighted by molar-refractivity contribution is 0.551. The van der Waals surface area contributed by atoms with Crippen molar-refractivity contribution >= 4 is 0 Å². The van der Waals surface area contributed by atoms with Crippen LogP contribution >= 0.6 is 0 Å². The van der Waals surface area contributed by atoms with Crippen molar-refractivity contribution in [2.24, 2.45) is 0 Å². The van der Waals surface area contributed by atoms with Gasteiger partial charge < -0.3 is 5.32 Å². The monoisotopic (exact) mass is 228 g/mol. The van der Waals surface area contributed by atoms with Gasteiger partial charge in [-0.1, -0.05) is 6.07 Å². The molecule has 0 aliphatic heterocycles. The minimum absolute atomic E-state index is 0.103. The van der Waals surface area contributed by atoms with Crippen LogP contribution in [0.3, 0.4) is 0 Å². The summed E-state index contributed by atoms with van der Waals surface area (Å²) >= 11 is 0. The lowest BCUT2D eigenvalue weighted by atomic mass is 10.1. The summed E-state index contributed by atoms with van der Waals surface area (Å²) in [5.41, 5.74) is 2.22. The standard InChI is InChI=1S/C13H16N4/c1-10-4-5-11(17-9-10)8-12(14-2)13-15-6-3-7-16-13/h3-7,9,12,14H,8H2,1-2H3. The van der Waals surface area contributed by atoms with Crippen LogP contribution in [0.1, 0.15) is 23.1 Å². The summed E-state index contributed by atoms with van der Waals surface area (Å²) < 4.78 is 0. The number of aromatic nitrogens is 3. The summed E-state index contributed by atoms with van der Waals surface area (Å²) in [6.45, 7) is 2.03. The van der Waals surface area contributed by atoms with Crippen molar-refractivity contribution in [1.82, 2.24) is 20.3 Å². The van der Waals surface area contributed by atoms with E-state index in [0.717, 1.165) is 17.9 Å². The first-order chi connectivity index (χ1) is 8.29. The second-order valence-electron chi connectivity index (χ2n) is 3.98. The van der Waals surface area contributed by atoms with Gasteiger partial charge in [0.2, 0.25) is 0 Å². The Labute approximate surface area is 101 Å². The minimum atomic E-state index is 0.103. The van der Waals surface area contributed by atoms with Gasteiger partial charge in [-0.05, 0) is 31.7 Å². The van der Waals surface area contributed by atoms with Gasteiger partial charge in [0, 0.05) is 30.7 Å². The molecule has 2 aromatic rings. The average molecular weight is 228 g/mol. The van der Waals surface area contributed by atoms with E-state index in [1.807, 2.05) is 32.3 Å². The summed E-state index contributed by atoms with van der Waals surface area (Å²) in [4.78, 5) is 12.9. The zero-order chi connectivity index (χ0) is 12.1. The first-order valence-corrected chi connectivity index (χ1v) is 5.65. The number of nitrogens with zero attached hydrogens (tertiary/aromatic N) is 3. The van der Waals surface area contributed by atoms with Crippen LogP contribution in [0, 0.1) is 6.92 Å². The van der Waals surface area contributed by atoms with Gasteiger partial charge in [0.1, 0.15) is 5.82 Å². The molecule has 0 spiro atoms. The van der Waals surface area contributed by atoms with Crippen LogP contribution in [0.15, 0.2) is 36.8 Å². The second kappa shape index (κ2) is 5.50. The molecule has 1 atom stereocenters. The molecule has 2 aromatic heterocycles. The van der Waals surface area contributed by atoms with E-state index in [-0.39, 0.29) is 6.04 Å². The summed E-state index contributed by atoms with van der Waals surface area (Å²) in [6, 6.07) is 6.04. The molecule has 0 aliphatic rings. The number of nitrogens with one attached hydrogen (secondary N) is 1. The molecule has 4 heteroatoms. The van der Waals surface area contributed by atoms with Crippen LogP contribution in [0.4, 0.5) is 0 Å². The molecule has 1 unspecified atom stereocenters. The molecule has 0 fully saturated rings. The number of pyridine rings is 1. The maximum Gasteiger partial charge on any atom is 0.145 e. The van der Waals surface area contributed by atoms with Crippen LogP contribution in [0.25, 0.3) is 0 Å². The number of aryl methyl sites for hydroxylation is 1. The van der Waals surface area contributed by atoms with Gasteiger partial charge in [-0.2, -0.15) is 0 Å². The molecule has 0 aliphatic carbocycles. The first-order valence-electron chi connectivity index (χ1n) is 5.65. The molecule has 88 valence electrons. The molecule has 0 saturated heterocycles. The van der Waals surface area contributed by atoms with Gasteiger partial charge in [0.05, 0.1) is 6.04 Å². The second-order valence-corrected chi connectivity index (χ2v) is 3.98. The van der Waals surface area contributed by atoms with Gasteiger partial charge in [-0.3, -0.25) is 4.98 Å². The fraction of sp³-hybridized carbons (Fsp3) is 0.308. The molecule has 2 heterocycles. The first kappa shape index (κ1) is 11.7. The molecular weight excluding hydrogens is 212 g/mol. The number of hydrogen-bond acceptors (Lipinski definition) is 4. The summed E-state index contributed by atoms with van der Waals surface area (Å²) in [6.07, 6.45) is 6.19. The highest BCUT2D eigenvalue weighted by Crippen LogP contribution is 2.12. The van der Waals surface area contributed by atoms with Gasteiger partial charge in [0.25, 0.3) is 0 Å². The van der Waals surface area contributed by atoms with Crippen LogP contribution in [0.2, 0.25) is 0 Å². The van der Waals surface area contributed by atoms with Crippen molar-refractivity contribution in [2.45, 2.75) is 19.4 Å². The van der Waals surface area contributed by atoms with E-state index < -0.39 is 0 Å². The van der Waals surface area contributed by atoms with Crippen molar-refractivity contribution < 1.29 is 0 Å². The van der Waals surface area contributed by atoms with Crippen LogP contribution in [0.5, 0.6) is 0 Å². The van der Waals surface area contributed by atoms with Crippen molar-refractivity contribution in [3.8, 4) is 0 Å². The molecule has 17 heavy (non-hydrogen) atoms.